The number of fused-ring (bicyclic) bond motifs is 1. The Kier molecular flexibility index (Phi) is 5.62. The number of benzene rings is 1. The van der Waals surface area contributed by atoms with Crippen LogP contribution in [0.25, 0.3) is 11.0 Å². The van der Waals surface area contributed by atoms with E-state index in [0.717, 1.165) is 29.9 Å². The summed E-state index contributed by atoms with van der Waals surface area (Å²) in [6.07, 6.45) is 2.56. The van der Waals surface area contributed by atoms with Crippen LogP contribution in [0.2, 0.25) is 25.7 Å². The van der Waals surface area contributed by atoms with E-state index in [1.807, 2.05) is 38.3 Å². The second-order valence-electron chi connectivity index (χ2n) is 9.75. The Morgan fingerprint density at radius 2 is 1.82 bits per heavy atom. The van der Waals surface area contributed by atoms with Crippen molar-refractivity contribution in [2.45, 2.75) is 71.3 Å². The minimum Gasteiger partial charge on any atom is -0.399 e. The first-order valence-corrected chi connectivity index (χ1v) is 13.5. The maximum Gasteiger partial charge on any atom is 0.494 e. The van der Waals surface area contributed by atoms with Gasteiger partial charge in [0.25, 0.3) is 0 Å². The first-order valence-electron chi connectivity index (χ1n) is 9.81. The van der Waals surface area contributed by atoms with Crippen LogP contribution in [0.3, 0.4) is 0 Å². The molecule has 2 aromatic rings. The Labute approximate surface area is 168 Å². The molecule has 0 N–H and O–H groups in total. The summed E-state index contributed by atoms with van der Waals surface area (Å²) in [6, 6.07) is 4.90. The fourth-order valence-electron chi connectivity index (χ4n) is 3.06. The topological polar surface area (TPSA) is 62.6 Å². The second kappa shape index (κ2) is 7.41. The average molecular weight is 402 g/mol. The third kappa shape index (κ3) is 4.25. The van der Waals surface area contributed by atoms with Gasteiger partial charge in [-0.25, -0.2) is 4.98 Å². The number of aromatic nitrogens is 2. The van der Waals surface area contributed by atoms with Crippen molar-refractivity contribution in [1.29, 1.82) is 0 Å². The summed E-state index contributed by atoms with van der Waals surface area (Å²) >= 11 is 0. The molecule has 0 aliphatic carbocycles. The number of carbonyl (C=O) groups excluding carboxylic acids is 1. The molecule has 28 heavy (non-hydrogen) atoms. The first kappa shape index (κ1) is 21.2. The number of hydrogen-bond acceptors (Lipinski definition) is 5. The number of carbonyl (C=O) groups is 1. The SMILES string of the molecule is CC1(C)OB(c2cc(C=O)c3ncn(COCC[Si](C)(C)C)c3c2)OC1(C)C. The molecule has 0 atom stereocenters. The Balaban J connectivity index is 1.87. The van der Waals surface area contributed by atoms with Gasteiger partial charge in [-0.05, 0) is 51.3 Å². The van der Waals surface area contributed by atoms with E-state index in [0.29, 0.717) is 17.8 Å². The van der Waals surface area contributed by atoms with Gasteiger partial charge in [-0.2, -0.15) is 0 Å². The molecule has 152 valence electrons. The van der Waals surface area contributed by atoms with E-state index >= 15 is 0 Å². The minimum atomic E-state index is -1.13. The molecule has 6 nitrogen and oxygen atoms in total. The van der Waals surface area contributed by atoms with Crippen LogP contribution in [-0.2, 0) is 20.8 Å². The molecule has 3 rings (SSSR count). The van der Waals surface area contributed by atoms with Gasteiger partial charge in [-0.15, -0.1) is 0 Å². The molecule has 2 heterocycles. The number of hydrogen-bond donors (Lipinski definition) is 0. The molecule has 1 aromatic heterocycles. The lowest BCUT2D eigenvalue weighted by molar-refractivity contribution is 0.00578. The molecule has 0 spiro atoms. The van der Waals surface area contributed by atoms with Crippen LogP contribution in [0, 0.1) is 0 Å². The molecule has 8 heteroatoms. The van der Waals surface area contributed by atoms with Crippen molar-refractivity contribution < 1.29 is 18.8 Å². The fourth-order valence-corrected chi connectivity index (χ4v) is 3.82. The van der Waals surface area contributed by atoms with Crippen molar-refractivity contribution in [3.8, 4) is 0 Å². The smallest absolute Gasteiger partial charge is 0.399 e. The molecule has 1 saturated heterocycles. The van der Waals surface area contributed by atoms with Gasteiger partial charge < -0.3 is 18.6 Å². The predicted octanol–water partition coefficient (Wildman–Crippen LogP) is 3.46. The van der Waals surface area contributed by atoms with Gasteiger partial charge in [-0.1, -0.05) is 19.6 Å². The van der Waals surface area contributed by atoms with E-state index in [9.17, 15) is 4.79 Å². The highest BCUT2D eigenvalue weighted by molar-refractivity contribution is 6.76. The molecule has 0 saturated carbocycles. The summed E-state index contributed by atoms with van der Waals surface area (Å²) in [5, 5.41) is 0. The Morgan fingerprint density at radius 3 is 2.39 bits per heavy atom. The van der Waals surface area contributed by atoms with Crippen LogP contribution in [0.4, 0.5) is 0 Å². The van der Waals surface area contributed by atoms with Gasteiger partial charge in [0.2, 0.25) is 0 Å². The van der Waals surface area contributed by atoms with Crippen molar-refractivity contribution in [1.82, 2.24) is 9.55 Å². The minimum absolute atomic E-state index is 0.409. The molecule has 0 unspecified atom stereocenters. The zero-order chi connectivity index (χ0) is 20.7. The fraction of sp³-hybridized carbons (Fsp3) is 0.600. The molecule has 0 radical (unpaired) electrons. The van der Waals surface area contributed by atoms with Crippen molar-refractivity contribution in [3.63, 3.8) is 0 Å². The van der Waals surface area contributed by atoms with Crippen molar-refractivity contribution >= 4 is 38.0 Å². The summed E-state index contributed by atoms with van der Waals surface area (Å²) in [5.74, 6) is 0. The van der Waals surface area contributed by atoms with Crippen molar-refractivity contribution in [2.24, 2.45) is 0 Å². The monoisotopic (exact) mass is 402 g/mol. The number of nitrogens with zero attached hydrogens (tertiary/aromatic N) is 2. The molecular formula is C20H31BN2O4Si. The average Bonchev–Trinajstić information content (AvgIpc) is 3.08. The van der Waals surface area contributed by atoms with Crippen LogP contribution in [-0.4, -0.2) is 48.8 Å². The quantitative estimate of drug-likeness (QED) is 0.403. The number of ether oxygens (including phenoxy) is 1. The van der Waals surface area contributed by atoms with E-state index in [-0.39, 0.29) is 0 Å². The molecule has 1 aliphatic rings. The van der Waals surface area contributed by atoms with Gasteiger partial charge in [-0.3, -0.25) is 4.79 Å². The molecule has 1 aliphatic heterocycles. The highest BCUT2D eigenvalue weighted by Crippen LogP contribution is 2.36. The second-order valence-corrected chi connectivity index (χ2v) is 15.4. The van der Waals surface area contributed by atoms with E-state index in [1.165, 1.54) is 0 Å². The van der Waals surface area contributed by atoms with Gasteiger partial charge >= 0.3 is 7.12 Å². The van der Waals surface area contributed by atoms with Gasteiger partial charge in [0.05, 0.1) is 28.6 Å². The van der Waals surface area contributed by atoms with E-state index in [2.05, 4.69) is 24.6 Å². The zero-order valence-corrected chi connectivity index (χ0v) is 19.0. The van der Waals surface area contributed by atoms with Gasteiger partial charge in [0, 0.05) is 20.2 Å². The summed E-state index contributed by atoms with van der Waals surface area (Å²) < 4.78 is 20.1. The highest BCUT2D eigenvalue weighted by Gasteiger charge is 2.51. The van der Waals surface area contributed by atoms with Gasteiger partial charge in [0.15, 0.2) is 6.29 Å². The largest absolute Gasteiger partial charge is 0.494 e. The van der Waals surface area contributed by atoms with E-state index < -0.39 is 26.4 Å². The number of rotatable bonds is 7. The highest BCUT2D eigenvalue weighted by atomic mass is 28.3. The molecule has 1 aromatic carbocycles. The Hall–Kier alpha value is -1.48. The lowest BCUT2D eigenvalue weighted by Crippen LogP contribution is -2.41. The summed E-state index contributed by atoms with van der Waals surface area (Å²) in [5.41, 5.74) is 1.99. The maximum atomic E-state index is 11.7. The van der Waals surface area contributed by atoms with Crippen LogP contribution < -0.4 is 5.46 Å². The maximum absolute atomic E-state index is 11.7. The van der Waals surface area contributed by atoms with Crippen LogP contribution in [0.15, 0.2) is 18.5 Å². The summed E-state index contributed by atoms with van der Waals surface area (Å²) in [7, 11) is -1.65. The van der Waals surface area contributed by atoms with Crippen LogP contribution in [0.1, 0.15) is 38.1 Å². The lowest BCUT2D eigenvalue weighted by atomic mass is 9.78. The normalized spacial score (nSPS) is 18.8. The lowest BCUT2D eigenvalue weighted by Gasteiger charge is -2.32. The Morgan fingerprint density at radius 1 is 1.18 bits per heavy atom. The standard InChI is InChI=1S/C20H31BN2O4Si/c1-19(2)20(3,4)27-21(26-19)16-10-15(12-24)18-17(11-16)23(13-22-18)14-25-8-9-28(5,6)7/h10-13H,8-9,14H2,1-7H3. The number of aldehydes is 1. The summed E-state index contributed by atoms with van der Waals surface area (Å²) in [4.78, 5) is 16.1. The van der Waals surface area contributed by atoms with Crippen molar-refractivity contribution in [2.75, 3.05) is 6.61 Å². The zero-order valence-electron chi connectivity index (χ0n) is 18.0. The van der Waals surface area contributed by atoms with Crippen molar-refractivity contribution in [3.05, 3.63) is 24.0 Å². The molecule has 1 fully saturated rings. The van der Waals surface area contributed by atoms with E-state index in [4.69, 9.17) is 14.0 Å². The Bertz CT molecular complexity index is 857. The third-order valence-electron chi connectivity index (χ3n) is 5.66. The molecular weight excluding hydrogens is 371 g/mol. The first-order chi connectivity index (χ1) is 12.9. The molecule has 0 bridgehead atoms. The molecule has 0 amide bonds. The number of imidazole rings is 1. The third-order valence-corrected chi connectivity index (χ3v) is 7.36. The van der Waals surface area contributed by atoms with Crippen LogP contribution in [0.5, 0.6) is 0 Å². The summed E-state index contributed by atoms with van der Waals surface area (Å²) in [6.45, 7) is 16.2. The van der Waals surface area contributed by atoms with Gasteiger partial charge in [0.1, 0.15) is 6.73 Å². The van der Waals surface area contributed by atoms with E-state index in [1.54, 1.807) is 12.4 Å². The predicted molar refractivity (Wildman–Crippen MR) is 115 cm³/mol. The van der Waals surface area contributed by atoms with Crippen LogP contribution >= 0.6 is 0 Å².